The molecule has 8 nitrogen and oxygen atoms in total. The Morgan fingerprint density at radius 2 is 1.12 bits per heavy atom. The van der Waals surface area contributed by atoms with Crippen molar-refractivity contribution in [1.29, 1.82) is 0 Å². The molecule has 2 amide bonds. The first kappa shape index (κ1) is 23.2. The fourth-order valence-corrected chi connectivity index (χ4v) is 2.90. The second kappa shape index (κ2) is 10.2. The summed E-state index contributed by atoms with van der Waals surface area (Å²) in [4.78, 5) is 22.8. The normalized spacial score (nSPS) is 14.5. The lowest BCUT2D eigenvalue weighted by atomic mass is 10.2. The fraction of sp³-hybridized carbons (Fsp3) is 0.857. The van der Waals surface area contributed by atoms with Crippen molar-refractivity contribution in [2.24, 2.45) is 0 Å². The molecular formula is C14H28N2O6S2. The highest BCUT2D eigenvalue weighted by atomic mass is 33.1. The standard InChI is InChI=1S/C14H28N2O6S2/c1-13(2,3)21-11(19)15-7-9(17)23-24-10(18)8-16-12(20)22-14(4,5)6/h9-10,17-18H,7-8H2,1-6H3,(H,15,19)(H,16,20). The second-order valence-corrected chi connectivity index (χ2v) is 9.50. The van der Waals surface area contributed by atoms with E-state index in [9.17, 15) is 19.8 Å². The minimum atomic E-state index is -0.932. The molecule has 0 spiro atoms. The molecule has 0 radical (unpaired) electrons. The highest BCUT2D eigenvalue weighted by molar-refractivity contribution is 8.77. The van der Waals surface area contributed by atoms with Crippen LogP contribution in [0.2, 0.25) is 0 Å². The van der Waals surface area contributed by atoms with Crippen molar-refractivity contribution in [2.75, 3.05) is 13.1 Å². The van der Waals surface area contributed by atoms with Crippen molar-refractivity contribution >= 4 is 33.8 Å². The summed E-state index contributed by atoms with van der Waals surface area (Å²) in [7, 11) is 1.94. The SMILES string of the molecule is CC(C)(C)OC(=O)NCC(O)SSC(O)CNC(=O)OC(C)(C)C. The molecular weight excluding hydrogens is 356 g/mol. The lowest BCUT2D eigenvalue weighted by molar-refractivity contribution is 0.0502. The summed E-state index contributed by atoms with van der Waals surface area (Å²) in [5, 5.41) is 24.3. The number of carbonyl (C=O) groups excluding carboxylic acids is 2. The topological polar surface area (TPSA) is 117 Å². The lowest BCUT2D eigenvalue weighted by Gasteiger charge is -2.21. The fourth-order valence-electron chi connectivity index (χ4n) is 1.17. The number of amides is 2. The van der Waals surface area contributed by atoms with E-state index in [1.54, 1.807) is 41.5 Å². The molecule has 2 unspecified atom stereocenters. The molecule has 24 heavy (non-hydrogen) atoms. The van der Waals surface area contributed by atoms with E-state index in [1.165, 1.54) is 0 Å². The van der Waals surface area contributed by atoms with Gasteiger partial charge in [-0.05, 0) is 41.5 Å². The number of alkyl carbamates (subject to hydrolysis) is 2. The maximum Gasteiger partial charge on any atom is 0.407 e. The van der Waals surface area contributed by atoms with Crippen molar-refractivity contribution in [2.45, 2.75) is 63.6 Å². The smallest absolute Gasteiger partial charge is 0.407 e. The van der Waals surface area contributed by atoms with Crippen LogP contribution in [0.5, 0.6) is 0 Å². The van der Waals surface area contributed by atoms with Gasteiger partial charge in [0.15, 0.2) is 0 Å². The number of nitrogens with one attached hydrogen (secondary N) is 2. The average molecular weight is 385 g/mol. The molecule has 10 heteroatoms. The highest BCUT2D eigenvalue weighted by Gasteiger charge is 2.19. The summed E-state index contributed by atoms with van der Waals surface area (Å²) in [5.41, 5.74) is -3.08. The third kappa shape index (κ3) is 14.7. The summed E-state index contributed by atoms with van der Waals surface area (Å²) in [5.74, 6) is 0. The quantitative estimate of drug-likeness (QED) is 0.389. The van der Waals surface area contributed by atoms with Gasteiger partial charge in [0, 0.05) is 0 Å². The van der Waals surface area contributed by atoms with E-state index in [0.717, 1.165) is 21.6 Å². The molecule has 0 aliphatic heterocycles. The van der Waals surface area contributed by atoms with Gasteiger partial charge in [0.1, 0.15) is 22.1 Å². The zero-order chi connectivity index (χ0) is 19.0. The summed E-state index contributed by atoms with van der Waals surface area (Å²) < 4.78 is 10.1. The molecule has 0 saturated heterocycles. The van der Waals surface area contributed by atoms with Gasteiger partial charge in [-0.15, -0.1) is 0 Å². The minimum absolute atomic E-state index is 0.0290. The van der Waals surface area contributed by atoms with Crippen LogP contribution < -0.4 is 10.6 Å². The summed E-state index contributed by atoms with van der Waals surface area (Å²) in [6, 6.07) is 0. The summed E-state index contributed by atoms with van der Waals surface area (Å²) in [6.45, 7) is 10.4. The molecule has 0 aromatic heterocycles. The van der Waals surface area contributed by atoms with Gasteiger partial charge in [-0.3, -0.25) is 0 Å². The molecule has 0 saturated carbocycles. The predicted octanol–water partition coefficient (Wildman–Crippen LogP) is 2.05. The Morgan fingerprint density at radius 1 is 0.833 bits per heavy atom. The number of rotatable bonds is 7. The van der Waals surface area contributed by atoms with Crippen molar-refractivity contribution in [3.05, 3.63) is 0 Å². The van der Waals surface area contributed by atoms with Crippen molar-refractivity contribution in [3.63, 3.8) is 0 Å². The maximum absolute atomic E-state index is 11.4. The van der Waals surface area contributed by atoms with Crippen molar-refractivity contribution in [3.8, 4) is 0 Å². The first-order valence-electron chi connectivity index (χ1n) is 7.40. The monoisotopic (exact) mass is 384 g/mol. The molecule has 0 aromatic rings. The Morgan fingerprint density at radius 3 is 1.38 bits per heavy atom. The van der Waals surface area contributed by atoms with Crippen LogP contribution in [0, 0.1) is 0 Å². The van der Waals surface area contributed by atoms with Gasteiger partial charge in [0.05, 0.1) is 13.1 Å². The van der Waals surface area contributed by atoms with Gasteiger partial charge in [-0.25, -0.2) is 9.59 Å². The van der Waals surface area contributed by atoms with E-state index in [-0.39, 0.29) is 13.1 Å². The molecule has 0 aliphatic carbocycles. The van der Waals surface area contributed by atoms with Gasteiger partial charge in [-0.2, -0.15) is 0 Å². The van der Waals surface area contributed by atoms with Gasteiger partial charge in [-0.1, -0.05) is 21.6 Å². The van der Waals surface area contributed by atoms with Crippen LogP contribution in [-0.2, 0) is 9.47 Å². The Bertz CT molecular complexity index is 371. The van der Waals surface area contributed by atoms with Gasteiger partial charge in [0.2, 0.25) is 0 Å². The molecule has 0 heterocycles. The number of aliphatic hydroxyl groups is 2. The zero-order valence-electron chi connectivity index (χ0n) is 14.9. The lowest BCUT2D eigenvalue weighted by Crippen LogP contribution is -2.36. The minimum Gasteiger partial charge on any atom is -0.444 e. The zero-order valence-corrected chi connectivity index (χ0v) is 16.5. The maximum atomic E-state index is 11.4. The van der Waals surface area contributed by atoms with Crippen LogP contribution >= 0.6 is 21.6 Å². The molecule has 4 N–H and O–H groups in total. The number of ether oxygens (including phenoxy) is 2. The third-order valence-electron chi connectivity index (χ3n) is 1.92. The molecule has 0 bridgehead atoms. The van der Waals surface area contributed by atoms with E-state index in [0.29, 0.717) is 0 Å². The van der Waals surface area contributed by atoms with Gasteiger partial charge >= 0.3 is 12.2 Å². The Labute approximate surface area is 150 Å². The molecule has 0 fully saturated rings. The third-order valence-corrected chi connectivity index (χ3v) is 4.47. The highest BCUT2D eigenvalue weighted by Crippen LogP contribution is 2.28. The number of hydrogen-bond donors (Lipinski definition) is 4. The van der Waals surface area contributed by atoms with E-state index >= 15 is 0 Å². The molecule has 0 aromatic carbocycles. The van der Waals surface area contributed by atoms with Crippen LogP contribution in [0.25, 0.3) is 0 Å². The average Bonchev–Trinajstić information content (AvgIpc) is 2.36. The first-order valence-corrected chi connectivity index (χ1v) is 9.68. The van der Waals surface area contributed by atoms with E-state index in [4.69, 9.17) is 9.47 Å². The number of aliphatic hydroxyl groups excluding tert-OH is 2. The van der Waals surface area contributed by atoms with E-state index < -0.39 is 34.3 Å². The van der Waals surface area contributed by atoms with Gasteiger partial charge < -0.3 is 30.3 Å². The van der Waals surface area contributed by atoms with Crippen LogP contribution in [0.3, 0.4) is 0 Å². The Balaban J connectivity index is 3.88. The molecule has 0 aliphatic rings. The van der Waals surface area contributed by atoms with Crippen LogP contribution in [0.1, 0.15) is 41.5 Å². The largest absolute Gasteiger partial charge is 0.444 e. The molecule has 2 atom stereocenters. The van der Waals surface area contributed by atoms with Crippen molar-refractivity contribution < 1.29 is 29.3 Å². The van der Waals surface area contributed by atoms with Gasteiger partial charge in [0.25, 0.3) is 0 Å². The number of carbonyl (C=O) groups is 2. The molecule has 0 rings (SSSR count). The van der Waals surface area contributed by atoms with Crippen LogP contribution in [0.15, 0.2) is 0 Å². The first-order chi connectivity index (χ1) is 10.8. The second-order valence-electron chi connectivity index (χ2n) is 6.87. The van der Waals surface area contributed by atoms with Crippen LogP contribution in [0.4, 0.5) is 9.59 Å². The van der Waals surface area contributed by atoms with E-state index in [2.05, 4.69) is 10.6 Å². The summed E-state index contributed by atoms with van der Waals surface area (Å²) >= 11 is 0. The Hall–Kier alpha value is -0.840. The predicted molar refractivity (Wildman–Crippen MR) is 95.7 cm³/mol. The Kier molecular flexibility index (Phi) is 9.86. The summed E-state index contributed by atoms with van der Waals surface area (Å²) in [6.07, 6.45) is -1.25. The molecule has 142 valence electrons. The van der Waals surface area contributed by atoms with Crippen molar-refractivity contribution in [1.82, 2.24) is 10.6 Å². The van der Waals surface area contributed by atoms with E-state index in [1.807, 2.05) is 0 Å². The van der Waals surface area contributed by atoms with Crippen LogP contribution in [-0.4, -0.2) is 57.6 Å². The number of hydrogen-bond acceptors (Lipinski definition) is 8.